The second-order valence-electron chi connectivity index (χ2n) is 5.77. The molecule has 0 aliphatic carbocycles. The van der Waals surface area contributed by atoms with Gasteiger partial charge in [-0.05, 0) is 23.8 Å². The van der Waals surface area contributed by atoms with Crippen molar-refractivity contribution < 1.29 is 14.3 Å². The molecule has 4 rings (SSSR count). The summed E-state index contributed by atoms with van der Waals surface area (Å²) in [7, 11) is 1.35. The number of nitrogens with two attached hydrogens (primary N) is 1. The van der Waals surface area contributed by atoms with Gasteiger partial charge in [0.05, 0.1) is 18.3 Å². The number of fused-ring (bicyclic) bond motifs is 3. The average Bonchev–Trinajstić information content (AvgIpc) is 3.03. The van der Waals surface area contributed by atoms with Crippen LogP contribution in [0, 0.1) is 0 Å². The molecule has 6 heteroatoms. The minimum Gasteiger partial charge on any atom is -0.473 e. The van der Waals surface area contributed by atoms with Crippen LogP contribution in [0.5, 0.6) is 5.88 Å². The molecule has 0 aliphatic rings. The maximum atomic E-state index is 11.9. The largest absolute Gasteiger partial charge is 0.473 e. The van der Waals surface area contributed by atoms with Crippen LogP contribution in [0.2, 0.25) is 0 Å². The van der Waals surface area contributed by atoms with Gasteiger partial charge in [0.25, 0.3) is 0 Å². The summed E-state index contributed by atoms with van der Waals surface area (Å²) in [4.78, 5) is 16.9. The van der Waals surface area contributed by atoms with Gasteiger partial charge in [-0.1, -0.05) is 30.3 Å². The van der Waals surface area contributed by atoms with Crippen molar-refractivity contribution in [3.63, 3.8) is 0 Å². The van der Waals surface area contributed by atoms with Crippen molar-refractivity contribution in [2.75, 3.05) is 12.8 Å². The number of nitrogens with zero attached hydrogens (tertiary/aromatic N) is 1. The summed E-state index contributed by atoms with van der Waals surface area (Å²) in [5.41, 5.74) is 8.48. The summed E-state index contributed by atoms with van der Waals surface area (Å²) in [6.07, 6.45) is 0. The number of anilines is 1. The zero-order chi connectivity index (χ0) is 18.1. The molecule has 0 atom stereocenters. The third-order valence-corrected chi connectivity index (χ3v) is 5.28. The highest BCUT2D eigenvalue weighted by atomic mass is 32.1. The summed E-state index contributed by atoms with van der Waals surface area (Å²) in [6, 6.07) is 17.5. The van der Waals surface area contributed by atoms with E-state index in [9.17, 15) is 4.79 Å². The lowest BCUT2D eigenvalue weighted by Crippen LogP contribution is -2.01. The third kappa shape index (κ3) is 2.84. The summed E-state index contributed by atoms with van der Waals surface area (Å²) in [6.45, 7) is 0.453. The van der Waals surface area contributed by atoms with Crippen LogP contribution in [-0.2, 0) is 11.3 Å². The Morgan fingerprint density at radius 3 is 2.69 bits per heavy atom. The SMILES string of the molecule is COC(=O)c1sc2ccc3nc(OCc4ccccc4)ccc3c2c1N. The van der Waals surface area contributed by atoms with Gasteiger partial charge in [-0.3, -0.25) is 0 Å². The predicted octanol–water partition coefficient (Wildman–Crippen LogP) is 4.40. The number of carbonyl (C=O) groups is 1. The summed E-state index contributed by atoms with van der Waals surface area (Å²) < 4.78 is 11.5. The van der Waals surface area contributed by atoms with Crippen LogP contribution in [0.3, 0.4) is 0 Å². The first-order chi connectivity index (χ1) is 12.7. The number of thiophene rings is 1. The first kappa shape index (κ1) is 16.4. The fourth-order valence-corrected chi connectivity index (χ4v) is 3.92. The molecule has 0 saturated carbocycles. The van der Waals surface area contributed by atoms with Gasteiger partial charge >= 0.3 is 5.97 Å². The fraction of sp³-hybridized carbons (Fsp3) is 0.100. The first-order valence-corrected chi connectivity index (χ1v) is 8.86. The van der Waals surface area contributed by atoms with Gasteiger partial charge in [0.2, 0.25) is 5.88 Å². The molecule has 0 saturated heterocycles. The minimum atomic E-state index is -0.423. The molecule has 0 amide bonds. The lowest BCUT2D eigenvalue weighted by molar-refractivity contribution is 0.0607. The molecule has 2 N–H and O–H groups in total. The highest BCUT2D eigenvalue weighted by molar-refractivity contribution is 7.21. The van der Waals surface area contributed by atoms with Crippen molar-refractivity contribution in [1.82, 2.24) is 4.98 Å². The van der Waals surface area contributed by atoms with Gasteiger partial charge in [-0.2, -0.15) is 0 Å². The molecule has 130 valence electrons. The maximum Gasteiger partial charge on any atom is 0.350 e. The van der Waals surface area contributed by atoms with Crippen LogP contribution in [-0.4, -0.2) is 18.1 Å². The minimum absolute atomic E-state index is 0.416. The van der Waals surface area contributed by atoms with E-state index in [2.05, 4.69) is 4.98 Å². The summed E-state index contributed by atoms with van der Waals surface area (Å²) in [5, 5.41) is 1.72. The predicted molar refractivity (Wildman–Crippen MR) is 104 cm³/mol. The van der Waals surface area contributed by atoms with Crippen LogP contribution in [0.4, 0.5) is 5.69 Å². The van der Waals surface area contributed by atoms with E-state index in [1.807, 2.05) is 54.6 Å². The van der Waals surface area contributed by atoms with Gasteiger partial charge in [0.1, 0.15) is 11.5 Å². The standard InChI is InChI=1S/C20H16N2O3S/c1-24-20(23)19-18(21)17-13-7-10-16(22-14(13)8-9-15(17)26-19)25-11-12-5-3-2-4-6-12/h2-10H,11,21H2,1H3. The van der Waals surface area contributed by atoms with E-state index < -0.39 is 5.97 Å². The third-order valence-electron chi connectivity index (χ3n) is 4.13. The number of methoxy groups -OCH3 is 1. The van der Waals surface area contributed by atoms with Gasteiger partial charge in [-0.15, -0.1) is 11.3 Å². The van der Waals surface area contributed by atoms with Gasteiger partial charge in [0, 0.05) is 21.5 Å². The number of ether oxygens (including phenoxy) is 2. The number of hydrogen-bond acceptors (Lipinski definition) is 6. The number of aromatic nitrogens is 1. The molecule has 2 heterocycles. The second-order valence-corrected chi connectivity index (χ2v) is 6.82. The number of nitrogen functional groups attached to an aromatic ring is 1. The van der Waals surface area contributed by atoms with Gasteiger partial charge in [0.15, 0.2) is 0 Å². The molecule has 0 aliphatic heterocycles. The lowest BCUT2D eigenvalue weighted by atomic mass is 10.1. The van der Waals surface area contributed by atoms with E-state index in [-0.39, 0.29) is 0 Å². The van der Waals surface area contributed by atoms with E-state index in [4.69, 9.17) is 15.2 Å². The van der Waals surface area contributed by atoms with Gasteiger partial charge < -0.3 is 15.2 Å². The molecule has 0 spiro atoms. The molecule has 26 heavy (non-hydrogen) atoms. The van der Waals surface area contributed by atoms with Crippen LogP contribution in [0.25, 0.3) is 21.0 Å². The van der Waals surface area contributed by atoms with Crippen LogP contribution in [0.15, 0.2) is 54.6 Å². The number of benzene rings is 2. The second kappa shape index (κ2) is 6.65. The van der Waals surface area contributed by atoms with Gasteiger partial charge in [-0.25, -0.2) is 9.78 Å². The molecule has 5 nitrogen and oxygen atoms in total. The number of pyridine rings is 1. The zero-order valence-electron chi connectivity index (χ0n) is 14.1. The Bertz CT molecular complexity index is 1110. The Morgan fingerprint density at radius 2 is 1.92 bits per heavy atom. The monoisotopic (exact) mass is 364 g/mol. The Kier molecular flexibility index (Phi) is 4.18. The van der Waals surface area contributed by atoms with Crippen LogP contribution in [0.1, 0.15) is 15.2 Å². The molecule has 0 bridgehead atoms. The Morgan fingerprint density at radius 1 is 1.12 bits per heavy atom. The molecule has 0 unspecified atom stereocenters. The van der Waals surface area contributed by atoms with Crippen molar-refractivity contribution in [2.45, 2.75) is 6.61 Å². The number of hydrogen-bond donors (Lipinski definition) is 1. The Hall–Kier alpha value is -3.12. The van der Waals surface area contributed by atoms with Crippen LogP contribution < -0.4 is 10.5 Å². The number of esters is 1. The summed E-state index contributed by atoms with van der Waals surface area (Å²) >= 11 is 1.32. The highest BCUT2D eigenvalue weighted by Crippen LogP contribution is 2.38. The van der Waals surface area contributed by atoms with Crippen molar-refractivity contribution in [3.8, 4) is 5.88 Å². The molecule has 0 fully saturated rings. The Balaban J connectivity index is 1.71. The quantitative estimate of drug-likeness (QED) is 0.543. The van der Waals surface area contributed by atoms with Crippen LogP contribution >= 0.6 is 11.3 Å². The smallest absolute Gasteiger partial charge is 0.350 e. The van der Waals surface area contributed by atoms with E-state index in [1.165, 1.54) is 18.4 Å². The number of rotatable bonds is 4. The molecule has 2 aromatic carbocycles. The zero-order valence-corrected chi connectivity index (χ0v) is 14.9. The fourth-order valence-electron chi connectivity index (χ4n) is 2.86. The van der Waals surface area contributed by atoms with E-state index >= 15 is 0 Å². The van der Waals surface area contributed by atoms with Crippen molar-refractivity contribution >= 4 is 44.0 Å². The van der Waals surface area contributed by atoms with E-state index in [0.29, 0.717) is 23.1 Å². The molecular formula is C20H16N2O3S. The average molecular weight is 364 g/mol. The normalized spacial score (nSPS) is 11.0. The van der Waals surface area contributed by atoms with Crippen molar-refractivity contribution in [2.24, 2.45) is 0 Å². The molecule has 0 radical (unpaired) electrons. The molecule has 2 aromatic heterocycles. The van der Waals surface area contributed by atoms with E-state index in [1.54, 1.807) is 0 Å². The lowest BCUT2D eigenvalue weighted by Gasteiger charge is -2.07. The topological polar surface area (TPSA) is 74.4 Å². The van der Waals surface area contributed by atoms with Crippen molar-refractivity contribution in [1.29, 1.82) is 0 Å². The molecular weight excluding hydrogens is 348 g/mol. The summed E-state index contributed by atoms with van der Waals surface area (Å²) in [5.74, 6) is 0.121. The molecule has 4 aromatic rings. The number of carbonyl (C=O) groups excluding carboxylic acids is 1. The van der Waals surface area contributed by atoms with Crippen molar-refractivity contribution in [3.05, 3.63) is 65.0 Å². The first-order valence-electron chi connectivity index (χ1n) is 8.04. The Labute approximate surface area is 154 Å². The van der Waals surface area contributed by atoms with E-state index in [0.717, 1.165) is 26.6 Å². The maximum absolute atomic E-state index is 11.9. The highest BCUT2D eigenvalue weighted by Gasteiger charge is 2.19.